The molecule has 3 amide bonds. The van der Waals surface area contributed by atoms with Crippen LogP contribution in [0.1, 0.15) is 46.4 Å². The summed E-state index contributed by atoms with van der Waals surface area (Å²) in [5, 5.41) is 3.12. The number of carbonyl (C=O) groups excluding carboxylic acids is 4. The number of hydrogen-bond acceptors (Lipinski definition) is 7. The molecule has 1 N–H and O–H groups in total. The van der Waals surface area contributed by atoms with E-state index in [0.29, 0.717) is 32.3 Å². The molecule has 4 aromatic rings. The standard InChI is InChI=1S/C32H27F2N3O5S/c1-18(38)27-13-14-28(43-27)24-16-23(11-12-25(24)34)37-30(40)32(2,3)36(31(37)41)17-20-5-8-21(33)15-26(20)35-22-9-6-19(7-10-22)29(39)42-4/h5-16,35H,17H2,1-4H3. The number of ketones is 1. The average Bonchev–Trinajstić information content (AvgIpc) is 3.53. The van der Waals surface area contributed by atoms with Crippen molar-refractivity contribution < 1.29 is 32.7 Å². The van der Waals surface area contributed by atoms with Gasteiger partial charge in [-0.1, -0.05) is 6.07 Å². The lowest BCUT2D eigenvalue weighted by Crippen LogP contribution is -2.43. The number of urea groups is 1. The van der Waals surface area contributed by atoms with Gasteiger partial charge in [0.2, 0.25) is 0 Å². The van der Waals surface area contributed by atoms with Gasteiger partial charge in [0.25, 0.3) is 5.91 Å². The first-order valence-electron chi connectivity index (χ1n) is 13.2. The lowest BCUT2D eigenvalue weighted by molar-refractivity contribution is -0.123. The molecular weight excluding hydrogens is 576 g/mol. The van der Waals surface area contributed by atoms with Gasteiger partial charge in [0, 0.05) is 21.8 Å². The van der Waals surface area contributed by atoms with Gasteiger partial charge in [-0.2, -0.15) is 0 Å². The Hall–Kier alpha value is -4.90. The smallest absolute Gasteiger partial charge is 0.337 e. The second-order valence-corrected chi connectivity index (χ2v) is 11.5. The van der Waals surface area contributed by atoms with Crippen molar-refractivity contribution >= 4 is 52.1 Å². The summed E-state index contributed by atoms with van der Waals surface area (Å²) < 4.78 is 33.9. The van der Waals surface area contributed by atoms with Crippen LogP contribution in [-0.2, 0) is 16.1 Å². The lowest BCUT2D eigenvalue weighted by Gasteiger charge is -2.28. The van der Waals surface area contributed by atoms with E-state index in [1.165, 1.54) is 55.3 Å². The molecule has 1 fully saturated rings. The first-order chi connectivity index (χ1) is 20.4. The molecule has 3 aromatic carbocycles. The molecule has 2 heterocycles. The number of carbonyl (C=O) groups is 4. The van der Waals surface area contributed by atoms with E-state index < -0.39 is 35.1 Å². The average molecular weight is 604 g/mol. The Morgan fingerprint density at radius 3 is 2.33 bits per heavy atom. The molecule has 1 aliphatic rings. The maximum Gasteiger partial charge on any atom is 0.337 e. The van der Waals surface area contributed by atoms with Crippen LogP contribution in [0, 0.1) is 11.6 Å². The number of benzene rings is 3. The van der Waals surface area contributed by atoms with E-state index in [4.69, 9.17) is 4.74 Å². The van der Waals surface area contributed by atoms with Crippen LogP contribution in [0.2, 0.25) is 0 Å². The van der Waals surface area contributed by atoms with Crippen molar-refractivity contribution in [2.45, 2.75) is 32.9 Å². The number of Topliss-reactive ketones (excluding diaryl/α,β-unsaturated/α-hetero) is 1. The van der Waals surface area contributed by atoms with Gasteiger partial charge in [0.05, 0.1) is 29.8 Å². The Morgan fingerprint density at radius 1 is 0.953 bits per heavy atom. The number of anilines is 3. The topological polar surface area (TPSA) is 96.0 Å². The summed E-state index contributed by atoms with van der Waals surface area (Å²) in [6.45, 7) is 4.60. The number of hydrogen-bond donors (Lipinski definition) is 1. The quantitative estimate of drug-likeness (QED) is 0.130. The minimum atomic E-state index is -1.29. The zero-order valence-corrected chi connectivity index (χ0v) is 24.6. The minimum Gasteiger partial charge on any atom is -0.465 e. The highest BCUT2D eigenvalue weighted by molar-refractivity contribution is 7.17. The second kappa shape index (κ2) is 11.4. The molecule has 1 saturated heterocycles. The summed E-state index contributed by atoms with van der Waals surface area (Å²) >= 11 is 1.12. The summed E-state index contributed by atoms with van der Waals surface area (Å²) in [6, 6.07) is 17.0. The molecule has 0 saturated carbocycles. The van der Waals surface area contributed by atoms with Crippen LogP contribution in [0.5, 0.6) is 0 Å². The molecule has 0 bridgehead atoms. The minimum absolute atomic E-state index is 0.0438. The second-order valence-electron chi connectivity index (χ2n) is 10.4. The Labute approximate surface area is 250 Å². The first kappa shape index (κ1) is 29.6. The number of nitrogens with zero attached hydrogens (tertiary/aromatic N) is 2. The highest BCUT2D eigenvalue weighted by Crippen LogP contribution is 2.38. The van der Waals surface area contributed by atoms with E-state index in [2.05, 4.69) is 5.32 Å². The van der Waals surface area contributed by atoms with Gasteiger partial charge in [-0.15, -0.1) is 11.3 Å². The highest BCUT2D eigenvalue weighted by Gasteiger charge is 2.52. The molecule has 1 aliphatic heterocycles. The summed E-state index contributed by atoms with van der Waals surface area (Å²) in [7, 11) is 1.28. The van der Waals surface area contributed by atoms with Gasteiger partial charge < -0.3 is 15.0 Å². The Kier molecular flexibility index (Phi) is 7.85. The largest absolute Gasteiger partial charge is 0.465 e. The number of amides is 3. The molecule has 0 spiro atoms. The summed E-state index contributed by atoms with van der Waals surface area (Å²) in [6.07, 6.45) is 0. The fourth-order valence-corrected chi connectivity index (χ4v) is 5.70. The maximum absolute atomic E-state index is 14.9. The van der Waals surface area contributed by atoms with Crippen molar-refractivity contribution in [2.75, 3.05) is 17.3 Å². The molecule has 1 aromatic heterocycles. The molecule has 8 nitrogen and oxygen atoms in total. The number of rotatable bonds is 8. The third-order valence-corrected chi connectivity index (χ3v) is 8.45. The number of thiophene rings is 1. The molecule has 0 unspecified atom stereocenters. The number of imide groups is 1. The van der Waals surface area contributed by atoms with Crippen molar-refractivity contribution in [3.63, 3.8) is 0 Å². The Balaban J connectivity index is 1.44. The predicted molar refractivity (Wildman–Crippen MR) is 160 cm³/mol. The summed E-state index contributed by atoms with van der Waals surface area (Å²) in [5.41, 5.74) is 0.859. The highest BCUT2D eigenvalue weighted by atomic mass is 32.1. The number of esters is 1. The number of ether oxygens (including phenoxy) is 1. The zero-order valence-electron chi connectivity index (χ0n) is 23.7. The van der Waals surface area contributed by atoms with Crippen molar-refractivity contribution in [1.82, 2.24) is 4.90 Å². The van der Waals surface area contributed by atoms with Crippen LogP contribution >= 0.6 is 11.3 Å². The third-order valence-electron chi connectivity index (χ3n) is 7.24. The van der Waals surface area contributed by atoms with Crippen LogP contribution in [0.25, 0.3) is 10.4 Å². The van der Waals surface area contributed by atoms with Crippen LogP contribution in [0.3, 0.4) is 0 Å². The van der Waals surface area contributed by atoms with Crippen molar-refractivity contribution in [3.05, 3.63) is 100 Å². The van der Waals surface area contributed by atoms with E-state index in [0.717, 1.165) is 16.2 Å². The van der Waals surface area contributed by atoms with Gasteiger partial charge in [0.1, 0.15) is 17.2 Å². The summed E-state index contributed by atoms with van der Waals surface area (Å²) in [5.74, 6) is -2.23. The van der Waals surface area contributed by atoms with Crippen molar-refractivity contribution in [3.8, 4) is 10.4 Å². The van der Waals surface area contributed by atoms with Crippen LogP contribution in [0.15, 0.2) is 72.8 Å². The molecule has 43 heavy (non-hydrogen) atoms. The fourth-order valence-electron chi connectivity index (χ4n) is 4.78. The van der Waals surface area contributed by atoms with Crippen LogP contribution in [0.4, 0.5) is 30.6 Å². The molecule has 11 heteroatoms. The van der Waals surface area contributed by atoms with Gasteiger partial charge in [-0.3, -0.25) is 9.59 Å². The molecule has 220 valence electrons. The SMILES string of the molecule is COC(=O)c1ccc(Nc2cc(F)ccc2CN2C(=O)N(c3ccc(F)c(-c4ccc(C(C)=O)s4)c3)C(=O)C2(C)C)cc1. The lowest BCUT2D eigenvalue weighted by atomic mass is 10.0. The van der Waals surface area contributed by atoms with E-state index in [-0.39, 0.29) is 23.6 Å². The zero-order chi connectivity index (χ0) is 31.1. The van der Waals surface area contributed by atoms with Gasteiger partial charge >= 0.3 is 12.0 Å². The number of methoxy groups -OCH3 is 1. The monoisotopic (exact) mass is 603 g/mol. The molecule has 0 aliphatic carbocycles. The first-order valence-corrected chi connectivity index (χ1v) is 14.0. The Morgan fingerprint density at radius 2 is 1.67 bits per heavy atom. The third kappa shape index (κ3) is 5.63. The number of nitrogens with one attached hydrogen (secondary N) is 1. The predicted octanol–water partition coefficient (Wildman–Crippen LogP) is 7.17. The van der Waals surface area contributed by atoms with E-state index in [1.807, 2.05) is 0 Å². The molecule has 5 rings (SSSR count). The van der Waals surface area contributed by atoms with Crippen LogP contribution < -0.4 is 10.2 Å². The van der Waals surface area contributed by atoms with E-state index >= 15 is 0 Å². The van der Waals surface area contributed by atoms with Gasteiger partial charge in [-0.05, 0) is 93.1 Å². The van der Waals surface area contributed by atoms with Crippen molar-refractivity contribution in [2.24, 2.45) is 0 Å². The molecular formula is C32H27F2N3O5S. The van der Waals surface area contributed by atoms with Crippen molar-refractivity contribution in [1.29, 1.82) is 0 Å². The van der Waals surface area contributed by atoms with Crippen LogP contribution in [-0.4, -0.2) is 41.2 Å². The van der Waals surface area contributed by atoms with Gasteiger partial charge in [0.15, 0.2) is 5.78 Å². The Bertz CT molecular complexity index is 1770. The van der Waals surface area contributed by atoms with Gasteiger partial charge in [-0.25, -0.2) is 23.3 Å². The maximum atomic E-state index is 14.9. The number of halogens is 2. The molecule has 0 radical (unpaired) electrons. The normalized spacial score (nSPS) is 14.3. The van der Waals surface area contributed by atoms with E-state index in [1.54, 1.807) is 50.2 Å². The molecule has 0 atom stereocenters. The fraction of sp³-hybridized carbons (Fsp3) is 0.188. The summed E-state index contributed by atoms with van der Waals surface area (Å²) in [4.78, 5) is 54.3. The van der Waals surface area contributed by atoms with E-state index in [9.17, 15) is 28.0 Å².